The Labute approximate surface area is 125 Å². The highest BCUT2D eigenvalue weighted by Crippen LogP contribution is 2.28. The van der Waals surface area contributed by atoms with Crippen LogP contribution in [0.2, 0.25) is 0 Å². The van der Waals surface area contributed by atoms with Crippen LogP contribution in [0.15, 0.2) is 0 Å². The van der Waals surface area contributed by atoms with E-state index >= 15 is 0 Å². The summed E-state index contributed by atoms with van der Waals surface area (Å²) in [6.45, 7) is 11.0. The number of nitrogens with one attached hydrogen (secondary N) is 1. The van der Waals surface area contributed by atoms with Crippen LogP contribution in [0.1, 0.15) is 59.3 Å². The van der Waals surface area contributed by atoms with Crippen LogP contribution in [0, 0.1) is 5.92 Å². The van der Waals surface area contributed by atoms with Crippen molar-refractivity contribution in [3.63, 3.8) is 0 Å². The van der Waals surface area contributed by atoms with Gasteiger partial charge in [-0.2, -0.15) is 0 Å². The van der Waals surface area contributed by atoms with Crippen molar-refractivity contribution in [2.75, 3.05) is 26.2 Å². The van der Waals surface area contributed by atoms with E-state index in [9.17, 15) is 0 Å². The molecule has 1 saturated heterocycles. The van der Waals surface area contributed by atoms with Gasteiger partial charge in [0.1, 0.15) is 0 Å². The van der Waals surface area contributed by atoms with E-state index in [-0.39, 0.29) is 0 Å². The van der Waals surface area contributed by atoms with Gasteiger partial charge in [0.05, 0.1) is 12.7 Å². The molecule has 2 unspecified atom stereocenters. The molecule has 0 bridgehead atoms. The Morgan fingerprint density at radius 2 is 1.90 bits per heavy atom. The third-order valence-electron chi connectivity index (χ3n) is 5.07. The Hall–Kier alpha value is -0.120. The summed E-state index contributed by atoms with van der Waals surface area (Å²) in [6, 6.07) is 1.39. The molecule has 0 aromatic heterocycles. The van der Waals surface area contributed by atoms with Gasteiger partial charge in [0.25, 0.3) is 0 Å². The fourth-order valence-corrected chi connectivity index (χ4v) is 3.73. The molecular weight excluding hydrogens is 248 g/mol. The lowest BCUT2D eigenvalue weighted by molar-refractivity contribution is 0.0477. The van der Waals surface area contributed by atoms with Crippen LogP contribution >= 0.6 is 0 Å². The maximum atomic E-state index is 5.75. The molecule has 1 N–H and O–H groups in total. The van der Waals surface area contributed by atoms with Crippen LogP contribution in [-0.2, 0) is 4.74 Å². The largest absolute Gasteiger partial charge is 0.377 e. The molecule has 1 aliphatic carbocycles. The fraction of sp³-hybridized carbons (Fsp3) is 1.00. The quantitative estimate of drug-likeness (QED) is 0.839. The van der Waals surface area contributed by atoms with Crippen LogP contribution in [0.3, 0.4) is 0 Å². The van der Waals surface area contributed by atoms with Crippen molar-refractivity contribution in [3.05, 3.63) is 0 Å². The van der Waals surface area contributed by atoms with Crippen molar-refractivity contribution in [3.8, 4) is 0 Å². The van der Waals surface area contributed by atoms with Gasteiger partial charge in [0.2, 0.25) is 0 Å². The zero-order valence-corrected chi connectivity index (χ0v) is 13.7. The maximum absolute atomic E-state index is 5.75. The zero-order valence-electron chi connectivity index (χ0n) is 13.7. The van der Waals surface area contributed by atoms with Crippen molar-refractivity contribution < 1.29 is 4.74 Å². The van der Waals surface area contributed by atoms with E-state index in [2.05, 4.69) is 31.0 Å². The van der Waals surface area contributed by atoms with Crippen molar-refractivity contribution >= 4 is 0 Å². The summed E-state index contributed by atoms with van der Waals surface area (Å²) in [5.41, 5.74) is 0. The Bertz CT molecular complexity index is 264. The first-order valence-corrected chi connectivity index (χ1v) is 8.76. The van der Waals surface area contributed by atoms with E-state index in [1.54, 1.807) is 0 Å². The van der Waals surface area contributed by atoms with Gasteiger partial charge in [-0.05, 0) is 52.5 Å². The molecule has 0 aromatic carbocycles. The lowest BCUT2D eigenvalue weighted by Gasteiger charge is -2.34. The standard InChI is InChI=1S/C17H34N2O/c1-14(2)20-12-11-19-13-17(18-10-9-15(19)3)16-7-5-4-6-8-16/h14-18H,4-13H2,1-3H3. The van der Waals surface area contributed by atoms with Crippen molar-refractivity contribution in [2.45, 2.75) is 77.5 Å². The summed E-state index contributed by atoms with van der Waals surface area (Å²) in [5.74, 6) is 0.905. The van der Waals surface area contributed by atoms with Gasteiger partial charge < -0.3 is 10.1 Å². The minimum atomic E-state index is 0.351. The minimum Gasteiger partial charge on any atom is -0.377 e. The van der Waals surface area contributed by atoms with E-state index in [1.807, 2.05) is 0 Å². The highest BCUT2D eigenvalue weighted by Gasteiger charge is 2.29. The molecule has 2 rings (SSSR count). The average molecular weight is 282 g/mol. The number of rotatable bonds is 5. The molecule has 2 aliphatic rings. The molecule has 3 heteroatoms. The molecule has 0 aromatic rings. The first-order valence-electron chi connectivity index (χ1n) is 8.76. The van der Waals surface area contributed by atoms with Gasteiger partial charge in [0, 0.05) is 25.2 Å². The van der Waals surface area contributed by atoms with Gasteiger partial charge in [-0.3, -0.25) is 4.90 Å². The zero-order chi connectivity index (χ0) is 14.4. The topological polar surface area (TPSA) is 24.5 Å². The van der Waals surface area contributed by atoms with E-state index in [0.717, 1.165) is 19.1 Å². The first-order chi connectivity index (χ1) is 9.66. The van der Waals surface area contributed by atoms with Gasteiger partial charge in [-0.15, -0.1) is 0 Å². The summed E-state index contributed by atoms with van der Waals surface area (Å²) in [4.78, 5) is 2.65. The molecule has 1 heterocycles. The molecule has 2 atom stereocenters. The summed E-state index contributed by atoms with van der Waals surface area (Å²) in [5, 5.41) is 3.83. The van der Waals surface area contributed by atoms with Crippen LogP contribution in [0.5, 0.6) is 0 Å². The lowest BCUT2D eigenvalue weighted by atomic mass is 9.83. The van der Waals surface area contributed by atoms with Gasteiger partial charge >= 0.3 is 0 Å². The number of ether oxygens (including phenoxy) is 1. The summed E-state index contributed by atoms with van der Waals surface area (Å²) >= 11 is 0. The summed E-state index contributed by atoms with van der Waals surface area (Å²) < 4.78 is 5.75. The van der Waals surface area contributed by atoms with Crippen LogP contribution in [0.4, 0.5) is 0 Å². The second-order valence-corrected chi connectivity index (χ2v) is 7.01. The van der Waals surface area contributed by atoms with Crippen LogP contribution in [0.25, 0.3) is 0 Å². The maximum Gasteiger partial charge on any atom is 0.0597 e. The van der Waals surface area contributed by atoms with E-state index in [0.29, 0.717) is 18.2 Å². The smallest absolute Gasteiger partial charge is 0.0597 e. The molecule has 3 nitrogen and oxygen atoms in total. The minimum absolute atomic E-state index is 0.351. The molecule has 0 amide bonds. The summed E-state index contributed by atoms with van der Waals surface area (Å²) in [6.07, 6.45) is 8.81. The predicted molar refractivity (Wildman–Crippen MR) is 85.1 cm³/mol. The van der Waals surface area contributed by atoms with Crippen molar-refractivity contribution in [1.82, 2.24) is 10.2 Å². The van der Waals surface area contributed by atoms with E-state index in [1.165, 1.54) is 51.6 Å². The average Bonchev–Trinajstić information content (AvgIpc) is 2.62. The molecule has 0 radical (unpaired) electrons. The Morgan fingerprint density at radius 1 is 1.15 bits per heavy atom. The van der Waals surface area contributed by atoms with Crippen LogP contribution < -0.4 is 5.32 Å². The molecule has 1 aliphatic heterocycles. The molecule has 0 spiro atoms. The van der Waals surface area contributed by atoms with Gasteiger partial charge in [-0.25, -0.2) is 0 Å². The SMILES string of the molecule is CC(C)OCCN1CC(C2CCCCC2)NCCC1C. The monoisotopic (exact) mass is 282 g/mol. The lowest BCUT2D eigenvalue weighted by Crippen LogP contribution is -2.45. The highest BCUT2D eigenvalue weighted by atomic mass is 16.5. The van der Waals surface area contributed by atoms with Gasteiger partial charge in [-0.1, -0.05) is 19.3 Å². The Balaban J connectivity index is 1.84. The second-order valence-electron chi connectivity index (χ2n) is 7.01. The van der Waals surface area contributed by atoms with Crippen molar-refractivity contribution in [2.24, 2.45) is 5.92 Å². The first kappa shape index (κ1) is 16.3. The van der Waals surface area contributed by atoms with Crippen LogP contribution in [-0.4, -0.2) is 49.3 Å². The van der Waals surface area contributed by atoms with E-state index < -0.39 is 0 Å². The summed E-state index contributed by atoms with van der Waals surface area (Å²) in [7, 11) is 0. The van der Waals surface area contributed by atoms with Gasteiger partial charge in [0.15, 0.2) is 0 Å². The highest BCUT2D eigenvalue weighted by molar-refractivity contribution is 4.86. The molecule has 1 saturated carbocycles. The molecule has 20 heavy (non-hydrogen) atoms. The molecular formula is C17H34N2O. The van der Waals surface area contributed by atoms with Crippen molar-refractivity contribution in [1.29, 1.82) is 0 Å². The third-order valence-corrected chi connectivity index (χ3v) is 5.07. The Morgan fingerprint density at radius 3 is 2.60 bits per heavy atom. The number of nitrogens with zero attached hydrogens (tertiary/aromatic N) is 1. The number of hydrogen-bond acceptors (Lipinski definition) is 3. The molecule has 118 valence electrons. The second kappa shape index (κ2) is 8.35. The normalized spacial score (nSPS) is 30.6. The van der Waals surface area contributed by atoms with E-state index in [4.69, 9.17) is 4.74 Å². The number of hydrogen-bond donors (Lipinski definition) is 1. The third kappa shape index (κ3) is 5.01. The predicted octanol–water partition coefficient (Wildman–Crippen LogP) is 3.04. The molecule has 2 fully saturated rings. The Kier molecular flexibility index (Phi) is 6.79. The fourth-order valence-electron chi connectivity index (χ4n) is 3.73.